The van der Waals surface area contributed by atoms with Crippen LogP contribution in [-0.4, -0.2) is 99.7 Å². The number of ether oxygens (including phenoxy) is 8. The van der Waals surface area contributed by atoms with E-state index in [9.17, 15) is 32.1 Å². The van der Waals surface area contributed by atoms with Gasteiger partial charge in [0, 0.05) is 34.1 Å². The van der Waals surface area contributed by atoms with Crippen molar-refractivity contribution < 1.29 is 74.3 Å². The molecule has 1 aliphatic heterocycles. The smallest absolute Gasteiger partial charge is 0.466 e. The van der Waals surface area contributed by atoms with Gasteiger partial charge in [-0.15, -0.1) is 0 Å². The number of oxime groups is 1. The van der Waals surface area contributed by atoms with Crippen LogP contribution >= 0.6 is 11.8 Å². The molecular formula is C25H33NO16S2. The lowest BCUT2D eigenvalue weighted by Gasteiger charge is -2.44. The van der Waals surface area contributed by atoms with Gasteiger partial charge in [-0.3, -0.25) is 23.7 Å². The molecule has 19 heteroatoms. The number of thioether (sulfide) groups is 1. The average Bonchev–Trinajstić information content (AvgIpc) is 2.91. The summed E-state index contributed by atoms with van der Waals surface area (Å²) in [5, 5.41) is 3.35. The fourth-order valence-corrected chi connectivity index (χ4v) is 5.39. The van der Waals surface area contributed by atoms with Gasteiger partial charge in [-0.05, 0) is 17.7 Å². The number of rotatable bonds is 13. The highest BCUT2D eigenvalue weighted by Crippen LogP contribution is 2.40. The zero-order valence-electron chi connectivity index (χ0n) is 24.8. The van der Waals surface area contributed by atoms with Gasteiger partial charge in [-0.25, -0.2) is 4.28 Å². The summed E-state index contributed by atoms with van der Waals surface area (Å²) in [6, 6.07) is 3.05. The summed E-state index contributed by atoms with van der Waals surface area (Å²) in [5.74, 6) is -2.47. The standard InChI is InChI=1S/C25H33NO16S2/c1-12(27)37-11-19-22(38-13(2)28)23(39-14(3)29)24(40-15(4)30)25(41-19)43-20(26-42-44(31,32)33)10-16-8-17(34-5)21(36-7)18(9-16)35-6/h8-9,19,22-25H,10-11H2,1-7H3,(H,31,32,33). The van der Waals surface area contributed by atoms with Crippen LogP contribution in [0.25, 0.3) is 0 Å². The number of esters is 4. The Morgan fingerprint density at radius 3 is 1.82 bits per heavy atom. The Hall–Kier alpha value is -3.81. The van der Waals surface area contributed by atoms with Gasteiger partial charge in [0.25, 0.3) is 0 Å². The lowest BCUT2D eigenvalue weighted by molar-refractivity contribution is -0.237. The maximum Gasteiger partial charge on any atom is 0.466 e. The topological polar surface area (TPSA) is 218 Å². The number of carbonyl (C=O) groups is 4. The van der Waals surface area contributed by atoms with E-state index in [4.69, 9.17) is 37.9 Å². The first-order chi connectivity index (χ1) is 20.6. The third kappa shape index (κ3) is 11.0. The van der Waals surface area contributed by atoms with Gasteiger partial charge in [0.1, 0.15) is 23.2 Å². The van der Waals surface area contributed by atoms with E-state index in [0.29, 0.717) is 17.3 Å². The Morgan fingerprint density at radius 1 is 0.841 bits per heavy atom. The minimum atomic E-state index is -5.08. The van der Waals surface area contributed by atoms with E-state index in [1.165, 1.54) is 33.5 Å². The molecule has 2 rings (SSSR count). The summed E-state index contributed by atoms with van der Waals surface area (Å²) in [4.78, 5) is 47.8. The Kier molecular flexibility index (Phi) is 13.5. The molecule has 44 heavy (non-hydrogen) atoms. The van der Waals surface area contributed by atoms with E-state index >= 15 is 0 Å². The number of hydrogen-bond donors (Lipinski definition) is 1. The van der Waals surface area contributed by atoms with Crippen molar-refractivity contribution in [3.63, 3.8) is 0 Å². The summed E-state index contributed by atoms with van der Waals surface area (Å²) in [7, 11) is -0.926. The normalized spacial score (nSPS) is 21.8. The molecular weight excluding hydrogens is 634 g/mol. The molecule has 0 aliphatic carbocycles. The van der Waals surface area contributed by atoms with Gasteiger partial charge in [-0.2, -0.15) is 8.42 Å². The summed E-state index contributed by atoms with van der Waals surface area (Å²) < 4.78 is 79.5. The van der Waals surface area contributed by atoms with Crippen molar-refractivity contribution in [3.05, 3.63) is 17.7 Å². The molecule has 0 spiro atoms. The maximum absolute atomic E-state index is 12.1. The largest absolute Gasteiger partial charge is 0.493 e. The Balaban J connectivity index is 2.64. The average molecular weight is 668 g/mol. The molecule has 1 heterocycles. The van der Waals surface area contributed by atoms with Crippen LogP contribution in [0.4, 0.5) is 0 Å². The van der Waals surface area contributed by atoms with Gasteiger partial charge in [0.15, 0.2) is 29.8 Å². The Labute approximate surface area is 257 Å². The first-order valence-corrected chi connectivity index (χ1v) is 14.8. The van der Waals surface area contributed by atoms with Crippen LogP contribution < -0.4 is 14.2 Å². The molecule has 17 nitrogen and oxygen atoms in total. The lowest BCUT2D eigenvalue weighted by Crippen LogP contribution is -2.61. The molecule has 0 amide bonds. The van der Waals surface area contributed by atoms with Crippen molar-refractivity contribution in [3.8, 4) is 17.2 Å². The lowest BCUT2D eigenvalue weighted by atomic mass is 9.99. The van der Waals surface area contributed by atoms with E-state index in [2.05, 4.69) is 9.44 Å². The van der Waals surface area contributed by atoms with Crippen molar-refractivity contribution >= 4 is 51.1 Å². The summed E-state index contributed by atoms with van der Waals surface area (Å²) in [6.07, 6.45) is -5.89. The fourth-order valence-electron chi connectivity index (χ4n) is 4.01. The van der Waals surface area contributed by atoms with Gasteiger partial charge in [-0.1, -0.05) is 16.9 Å². The molecule has 0 radical (unpaired) electrons. The van der Waals surface area contributed by atoms with Crippen LogP contribution in [0, 0.1) is 0 Å². The first-order valence-electron chi connectivity index (χ1n) is 12.6. The number of methoxy groups -OCH3 is 3. The molecule has 0 aromatic heterocycles. The molecule has 0 saturated carbocycles. The summed E-state index contributed by atoms with van der Waals surface area (Å²) in [5.41, 5.74) is -0.961. The second-order valence-corrected chi connectivity index (χ2v) is 11.1. The van der Waals surface area contributed by atoms with Gasteiger partial charge < -0.3 is 37.9 Å². The van der Waals surface area contributed by atoms with Crippen LogP contribution in [0.1, 0.15) is 33.3 Å². The van der Waals surface area contributed by atoms with Crippen molar-refractivity contribution in [1.29, 1.82) is 0 Å². The number of hydrogen-bond acceptors (Lipinski definition) is 17. The van der Waals surface area contributed by atoms with E-state index in [1.807, 2.05) is 0 Å². The van der Waals surface area contributed by atoms with Crippen molar-refractivity contribution in [2.45, 2.75) is 64.0 Å². The maximum atomic E-state index is 12.1. The highest BCUT2D eigenvalue weighted by atomic mass is 32.3. The molecule has 1 aromatic carbocycles. The zero-order chi connectivity index (χ0) is 33.2. The Morgan fingerprint density at radius 2 is 1.36 bits per heavy atom. The molecule has 0 bridgehead atoms. The second-order valence-electron chi connectivity index (χ2n) is 8.88. The van der Waals surface area contributed by atoms with E-state index in [0.717, 1.165) is 27.7 Å². The highest BCUT2D eigenvalue weighted by Gasteiger charge is 2.52. The molecule has 1 aromatic rings. The predicted molar refractivity (Wildman–Crippen MR) is 149 cm³/mol. The quantitative estimate of drug-likeness (QED) is 0.0780. The van der Waals surface area contributed by atoms with Gasteiger partial charge >= 0.3 is 34.3 Å². The third-order valence-electron chi connectivity index (χ3n) is 5.51. The van der Waals surface area contributed by atoms with Crippen molar-refractivity contribution in [2.75, 3.05) is 27.9 Å². The number of nitrogens with zero attached hydrogens (tertiary/aromatic N) is 1. The van der Waals surface area contributed by atoms with Gasteiger partial charge in [0.05, 0.1) is 21.3 Å². The van der Waals surface area contributed by atoms with E-state index < -0.39 is 70.7 Å². The monoisotopic (exact) mass is 667 g/mol. The molecule has 1 saturated heterocycles. The number of carbonyl (C=O) groups excluding carboxylic acids is 4. The minimum Gasteiger partial charge on any atom is -0.493 e. The van der Waals surface area contributed by atoms with Crippen LogP contribution in [-0.2, 0) is 64.0 Å². The highest BCUT2D eigenvalue weighted by molar-refractivity contribution is 8.14. The summed E-state index contributed by atoms with van der Waals surface area (Å²) >= 11 is 0.643. The minimum absolute atomic E-state index is 0.183. The van der Waals surface area contributed by atoms with Crippen LogP contribution in [0.15, 0.2) is 17.3 Å². The molecule has 1 N–H and O–H groups in total. The fraction of sp³-hybridized carbons (Fsp3) is 0.560. The predicted octanol–water partition coefficient (Wildman–Crippen LogP) is 1.20. The van der Waals surface area contributed by atoms with Crippen LogP contribution in [0.5, 0.6) is 17.2 Å². The van der Waals surface area contributed by atoms with Crippen molar-refractivity contribution in [2.24, 2.45) is 5.16 Å². The first kappa shape index (κ1) is 36.4. The van der Waals surface area contributed by atoms with Gasteiger partial charge in [0.2, 0.25) is 5.75 Å². The Bertz CT molecular complexity index is 1320. The van der Waals surface area contributed by atoms with Crippen molar-refractivity contribution in [1.82, 2.24) is 0 Å². The molecule has 5 unspecified atom stereocenters. The molecule has 1 fully saturated rings. The second kappa shape index (κ2) is 16.3. The van der Waals surface area contributed by atoms with Crippen LogP contribution in [0.3, 0.4) is 0 Å². The molecule has 246 valence electrons. The SMILES string of the molecule is COc1cc(CC(=NOS(=O)(=O)O)SC2OC(COC(C)=O)C(OC(C)=O)C(OC(C)=O)C2OC(C)=O)cc(OC)c1OC. The van der Waals surface area contributed by atoms with Crippen LogP contribution in [0.2, 0.25) is 0 Å². The molecule has 5 atom stereocenters. The molecule has 1 aliphatic rings. The van der Waals surface area contributed by atoms with E-state index in [-0.39, 0.29) is 28.7 Å². The van der Waals surface area contributed by atoms with E-state index in [1.54, 1.807) is 0 Å². The number of benzene rings is 1. The third-order valence-corrected chi connectivity index (χ3v) is 6.88. The summed E-state index contributed by atoms with van der Waals surface area (Å²) in [6.45, 7) is 3.83. The zero-order valence-corrected chi connectivity index (χ0v) is 26.4.